The van der Waals surface area contributed by atoms with Crippen LogP contribution < -0.4 is 15.4 Å². The van der Waals surface area contributed by atoms with Crippen LogP contribution in [0.5, 0.6) is 5.75 Å². The van der Waals surface area contributed by atoms with Crippen molar-refractivity contribution in [2.75, 3.05) is 23.9 Å². The molecule has 0 unspecified atom stereocenters. The Balaban J connectivity index is 1.92. The number of hydrogen-bond acceptors (Lipinski definition) is 4. The molecule has 0 bridgehead atoms. The quantitative estimate of drug-likeness (QED) is 0.643. The number of halogens is 1. The van der Waals surface area contributed by atoms with E-state index >= 15 is 0 Å². The maximum atomic E-state index is 11.5. The van der Waals surface area contributed by atoms with E-state index in [2.05, 4.69) is 10.6 Å². The fourth-order valence-corrected chi connectivity index (χ4v) is 4.77. The molecule has 0 aromatic heterocycles. The van der Waals surface area contributed by atoms with Crippen LogP contribution >= 0.6 is 23.8 Å². The van der Waals surface area contributed by atoms with Gasteiger partial charge in [-0.2, -0.15) is 0 Å². The molecule has 1 aliphatic rings. The molecule has 2 atom stereocenters. The summed E-state index contributed by atoms with van der Waals surface area (Å²) in [5.74, 6) is 0.736. The monoisotopic (exact) mass is 334 g/mol. The highest BCUT2D eigenvalue weighted by Gasteiger charge is 2.36. The van der Waals surface area contributed by atoms with Crippen molar-refractivity contribution in [2.24, 2.45) is 0 Å². The lowest BCUT2D eigenvalue weighted by Gasteiger charge is -2.17. The second kappa shape index (κ2) is 6.15. The molecule has 2 rings (SSSR count). The molecule has 0 amide bonds. The lowest BCUT2D eigenvalue weighted by molar-refractivity contribution is 0.415. The van der Waals surface area contributed by atoms with Crippen molar-refractivity contribution in [2.45, 2.75) is 11.4 Å². The van der Waals surface area contributed by atoms with Gasteiger partial charge in [-0.15, -0.1) is 11.6 Å². The first-order chi connectivity index (χ1) is 9.39. The third-order valence-corrected chi connectivity index (χ3v) is 5.54. The molecule has 20 heavy (non-hydrogen) atoms. The van der Waals surface area contributed by atoms with Crippen LogP contribution in [0.2, 0.25) is 0 Å². The number of benzene rings is 1. The van der Waals surface area contributed by atoms with Crippen LogP contribution in [0.1, 0.15) is 0 Å². The highest BCUT2D eigenvalue weighted by Crippen LogP contribution is 2.19. The van der Waals surface area contributed by atoms with Crippen molar-refractivity contribution in [1.82, 2.24) is 5.32 Å². The predicted molar refractivity (Wildman–Crippen MR) is 84.4 cm³/mol. The van der Waals surface area contributed by atoms with Crippen LogP contribution in [-0.4, -0.2) is 43.6 Å². The van der Waals surface area contributed by atoms with Gasteiger partial charge < -0.3 is 15.4 Å². The van der Waals surface area contributed by atoms with E-state index in [1.54, 1.807) is 19.2 Å². The van der Waals surface area contributed by atoms with Gasteiger partial charge in [-0.3, -0.25) is 0 Å². The molecule has 0 saturated carbocycles. The number of methoxy groups -OCH3 is 1. The number of hydrogen-bond donors (Lipinski definition) is 2. The third-order valence-electron chi connectivity index (χ3n) is 2.95. The fraction of sp³-hybridized carbons (Fsp3) is 0.417. The Hall–Kier alpha value is -1.05. The zero-order valence-corrected chi connectivity index (χ0v) is 13.2. The first-order valence-electron chi connectivity index (χ1n) is 5.96. The van der Waals surface area contributed by atoms with Gasteiger partial charge in [0.05, 0.1) is 30.0 Å². The van der Waals surface area contributed by atoms with Gasteiger partial charge in [-0.05, 0) is 36.5 Å². The Labute approximate surface area is 128 Å². The molecule has 110 valence electrons. The average Bonchev–Trinajstić information content (AvgIpc) is 2.63. The molecule has 0 aliphatic carbocycles. The van der Waals surface area contributed by atoms with E-state index in [1.807, 2.05) is 12.1 Å². The fourth-order valence-electron chi connectivity index (χ4n) is 1.95. The summed E-state index contributed by atoms with van der Waals surface area (Å²) in [6.07, 6.45) is 0. The average molecular weight is 335 g/mol. The van der Waals surface area contributed by atoms with Gasteiger partial charge in [-0.25, -0.2) is 8.42 Å². The molecule has 1 saturated heterocycles. The van der Waals surface area contributed by atoms with Gasteiger partial charge in [0.25, 0.3) is 0 Å². The Morgan fingerprint density at radius 1 is 1.35 bits per heavy atom. The maximum absolute atomic E-state index is 11.5. The van der Waals surface area contributed by atoms with Gasteiger partial charge in [0, 0.05) is 5.69 Å². The minimum absolute atomic E-state index is 0.00555. The summed E-state index contributed by atoms with van der Waals surface area (Å²) in [5.41, 5.74) is 0.787. The van der Waals surface area contributed by atoms with Crippen molar-refractivity contribution < 1.29 is 13.2 Å². The number of rotatable bonds is 3. The molecule has 1 aromatic rings. The minimum atomic E-state index is -3.07. The maximum Gasteiger partial charge on any atom is 0.171 e. The SMILES string of the molecule is COc1ccc(NC(=S)N[C@H]2CS(=O)(=O)C[C@@H]2Cl)cc1. The van der Waals surface area contributed by atoms with Gasteiger partial charge in [0.1, 0.15) is 5.75 Å². The summed E-state index contributed by atoms with van der Waals surface area (Å²) < 4.78 is 28.0. The van der Waals surface area contributed by atoms with Crippen molar-refractivity contribution >= 4 is 44.5 Å². The number of nitrogens with one attached hydrogen (secondary N) is 2. The van der Waals surface area contributed by atoms with Gasteiger partial charge in [0.15, 0.2) is 14.9 Å². The molecular weight excluding hydrogens is 320 g/mol. The Kier molecular flexibility index (Phi) is 4.72. The summed E-state index contributed by atoms with van der Waals surface area (Å²) in [6, 6.07) is 6.87. The van der Waals surface area contributed by atoms with Crippen LogP contribution in [0.15, 0.2) is 24.3 Å². The standard InChI is InChI=1S/C12H15ClN2O3S2/c1-18-9-4-2-8(3-5-9)14-12(19)15-11-7-20(16,17)6-10(11)13/h2-5,10-11H,6-7H2,1H3,(H2,14,15,19)/t10-,11-/m0/s1. The van der Waals surface area contributed by atoms with Crippen molar-refractivity contribution in [3.05, 3.63) is 24.3 Å². The largest absolute Gasteiger partial charge is 0.497 e. The number of alkyl halides is 1. The molecule has 8 heteroatoms. The lowest BCUT2D eigenvalue weighted by Crippen LogP contribution is -2.42. The van der Waals surface area contributed by atoms with E-state index in [4.69, 9.17) is 28.6 Å². The number of ether oxygens (including phenoxy) is 1. The van der Waals surface area contributed by atoms with Crippen molar-refractivity contribution in [1.29, 1.82) is 0 Å². The topological polar surface area (TPSA) is 67.4 Å². The molecular formula is C12H15ClN2O3S2. The van der Waals surface area contributed by atoms with E-state index in [0.29, 0.717) is 5.11 Å². The summed E-state index contributed by atoms with van der Waals surface area (Å²) in [4.78, 5) is 0. The van der Waals surface area contributed by atoms with Crippen LogP contribution in [0.25, 0.3) is 0 Å². The zero-order valence-electron chi connectivity index (χ0n) is 10.8. The Bertz CT molecular complexity index is 589. The van der Waals surface area contributed by atoms with Gasteiger partial charge in [-0.1, -0.05) is 0 Å². The van der Waals surface area contributed by atoms with E-state index < -0.39 is 15.2 Å². The molecule has 5 nitrogen and oxygen atoms in total. The lowest BCUT2D eigenvalue weighted by atomic mass is 10.2. The third kappa shape index (κ3) is 3.97. The van der Waals surface area contributed by atoms with Crippen LogP contribution in [-0.2, 0) is 9.84 Å². The van der Waals surface area contributed by atoms with E-state index in [1.165, 1.54) is 0 Å². The predicted octanol–water partition coefficient (Wildman–Crippen LogP) is 1.39. The Morgan fingerprint density at radius 2 is 2.00 bits per heavy atom. The second-order valence-corrected chi connectivity index (χ2v) is 7.65. The molecule has 1 heterocycles. The van der Waals surface area contributed by atoms with E-state index in [0.717, 1.165) is 11.4 Å². The van der Waals surface area contributed by atoms with E-state index in [-0.39, 0.29) is 17.5 Å². The zero-order chi connectivity index (χ0) is 14.8. The normalized spacial score (nSPS) is 24.1. The molecule has 1 aliphatic heterocycles. The molecule has 0 spiro atoms. The smallest absolute Gasteiger partial charge is 0.171 e. The van der Waals surface area contributed by atoms with Gasteiger partial charge >= 0.3 is 0 Å². The van der Waals surface area contributed by atoms with Crippen molar-refractivity contribution in [3.8, 4) is 5.75 Å². The highest BCUT2D eigenvalue weighted by molar-refractivity contribution is 7.91. The molecule has 2 N–H and O–H groups in total. The number of anilines is 1. The minimum Gasteiger partial charge on any atom is -0.497 e. The Morgan fingerprint density at radius 3 is 2.50 bits per heavy atom. The summed E-state index contributed by atoms with van der Waals surface area (Å²) in [7, 11) is -1.48. The number of sulfone groups is 1. The summed E-state index contributed by atoms with van der Waals surface area (Å²) >= 11 is 11.2. The summed E-state index contributed by atoms with van der Waals surface area (Å²) in [5, 5.41) is 5.81. The van der Waals surface area contributed by atoms with Crippen LogP contribution in [0.3, 0.4) is 0 Å². The highest BCUT2D eigenvalue weighted by atomic mass is 35.5. The van der Waals surface area contributed by atoms with Gasteiger partial charge in [0.2, 0.25) is 0 Å². The van der Waals surface area contributed by atoms with E-state index in [9.17, 15) is 8.42 Å². The summed E-state index contributed by atoms with van der Waals surface area (Å²) in [6.45, 7) is 0. The molecule has 1 aromatic carbocycles. The first kappa shape index (κ1) is 15.3. The van der Waals surface area contributed by atoms with Crippen molar-refractivity contribution in [3.63, 3.8) is 0 Å². The number of thiocarbonyl (C=S) groups is 1. The van der Waals surface area contributed by atoms with Crippen LogP contribution in [0.4, 0.5) is 5.69 Å². The van der Waals surface area contributed by atoms with Crippen LogP contribution in [0, 0.1) is 0 Å². The molecule has 0 radical (unpaired) electrons. The first-order valence-corrected chi connectivity index (χ1v) is 8.62. The molecule has 1 fully saturated rings. The second-order valence-electron chi connectivity index (χ2n) is 4.53.